The number of para-hydroxylation sites is 1. The van der Waals surface area contributed by atoms with Crippen LogP contribution in [0.5, 0.6) is 0 Å². The number of carbonyl (C=O) groups excluding carboxylic acids is 1. The summed E-state index contributed by atoms with van der Waals surface area (Å²) in [4.78, 5) is 21.4. The van der Waals surface area contributed by atoms with E-state index in [-0.39, 0.29) is 5.91 Å². The summed E-state index contributed by atoms with van der Waals surface area (Å²) in [5.74, 6) is 0.714. The molecule has 1 fully saturated rings. The molecule has 4 rings (SSSR count). The molecule has 3 aromatic rings. The van der Waals surface area contributed by atoms with Gasteiger partial charge in [-0.15, -0.1) is 0 Å². The summed E-state index contributed by atoms with van der Waals surface area (Å²) in [6.45, 7) is 3.08. The first-order valence-electron chi connectivity index (χ1n) is 9.27. The van der Waals surface area contributed by atoms with Crippen LogP contribution in [0, 0.1) is 0 Å². The highest BCUT2D eigenvalue weighted by molar-refractivity contribution is 6.30. The lowest BCUT2D eigenvalue weighted by Crippen LogP contribution is -2.48. The first kappa shape index (κ1) is 18.3. The second kappa shape index (κ2) is 8.31. The van der Waals surface area contributed by atoms with Crippen LogP contribution in [-0.2, 0) is 0 Å². The summed E-state index contributed by atoms with van der Waals surface area (Å²) in [7, 11) is 0. The summed E-state index contributed by atoms with van der Waals surface area (Å²) < 4.78 is 0. The number of piperazine rings is 1. The quantitative estimate of drug-likeness (QED) is 0.713. The Morgan fingerprint density at radius 2 is 1.61 bits per heavy atom. The van der Waals surface area contributed by atoms with Gasteiger partial charge in [0.2, 0.25) is 0 Å². The van der Waals surface area contributed by atoms with Gasteiger partial charge in [-0.25, -0.2) is 4.98 Å². The van der Waals surface area contributed by atoms with Gasteiger partial charge in [0, 0.05) is 48.8 Å². The second-order valence-corrected chi connectivity index (χ2v) is 7.12. The highest BCUT2D eigenvalue weighted by Crippen LogP contribution is 2.19. The lowest BCUT2D eigenvalue weighted by atomic mass is 10.2. The van der Waals surface area contributed by atoms with Crippen molar-refractivity contribution in [2.24, 2.45) is 0 Å². The molecule has 0 unspecified atom stereocenters. The maximum atomic E-state index is 12.8. The molecule has 0 spiro atoms. The second-order valence-electron chi connectivity index (χ2n) is 6.68. The van der Waals surface area contributed by atoms with E-state index >= 15 is 0 Å². The van der Waals surface area contributed by atoms with Crippen molar-refractivity contribution in [3.8, 4) is 0 Å². The highest BCUT2D eigenvalue weighted by Gasteiger charge is 2.22. The van der Waals surface area contributed by atoms with E-state index in [1.165, 1.54) is 5.69 Å². The van der Waals surface area contributed by atoms with Crippen molar-refractivity contribution in [2.75, 3.05) is 36.4 Å². The summed E-state index contributed by atoms with van der Waals surface area (Å²) in [5, 5.41) is 3.89. The van der Waals surface area contributed by atoms with Gasteiger partial charge in [0.05, 0.1) is 5.56 Å². The Balaban J connectivity index is 1.35. The maximum absolute atomic E-state index is 12.8. The Morgan fingerprint density at radius 1 is 0.893 bits per heavy atom. The maximum Gasteiger partial charge on any atom is 0.255 e. The van der Waals surface area contributed by atoms with Gasteiger partial charge in [-0.05, 0) is 48.5 Å². The fraction of sp³-hybridized carbons (Fsp3) is 0.182. The van der Waals surface area contributed by atoms with Crippen LogP contribution in [0.25, 0.3) is 0 Å². The minimum Gasteiger partial charge on any atom is -0.368 e. The van der Waals surface area contributed by atoms with Crippen LogP contribution in [0.3, 0.4) is 0 Å². The van der Waals surface area contributed by atoms with Gasteiger partial charge in [0.15, 0.2) is 0 Å². The van der Waals surface area contributed by atoms with Crippen molar-refractivity contribution < 1.29 is 4.79 Å². The third kappa shape index (κ3) is 4.26. The predicted molar refractivity (Wildman–Crippen MR) is 114 cm³/mol. The lowest BCUT2D eigenvalue weighted by Gasteiger charge is -2.36. The Bertz CT molecular complexity index is 921. The number of carbonyl (C=O) groups is 1. The number of rotatable bonds is 4. The fourth-order valence-electron chi connectivity index (χ4n) is 3.26. The van der Waals surface area contributed by atoms with Gasteiger partial charge >= 0.3 is 0 Å². The molecule has 1 N–H and O–H groups in total. The predicted octanol–water partition coefficient (Wildman–Crippen LogP) is 4.44. The SMILES string of the molecule is O=C(c1ccc(Nc2ccc(Cl)cc2)nc1)N1CCN(c2ccccc2)CC1. The smallest absolute Gasteiger partial charge is 0.255 e. The number of anilines is 3. The molecule has 142 valence electrons. The van der Waals surface area contributed by atoms with Gasteiger partial charge in [-0.3, -0.25) is 4.79 Å². The summed E-state index contributed by atoms with van der Waals surface area (Å²) in [6.07, 6.45) is 1.63. The number of hydrogen-bond donors (Lipinski definition) is 1. The molecule has 5 nitrogen and oxygen atoms in total. The molecule has 1 amide bonds. The molecule has 1 aromatic heterocycles. The monoisotopic (exact) mass is 392 g/mol. The molecule has 1 saturated heterocycles. The molecule has 0 saturated carbocycles. The highest BCUT2D eigenvalue weighted by atomic mass is 35.5. The summed E-state index contributed by atoms with van der Waals surface area (Å²) in [6, 6.07) is 21.3. The number of nitrogens with zero attached hydrogens (tertiary/aromatic N) is 3. The van der Waals surface area contributed by atoms with E-state index in [0.29, 0.717) is 29.5 Å². The van der Waals surface area contributed by atoms with Crippen molar-refractivity contribution >= 4 is 34.7 Å². The summed E-state index contributed by atoms with van der Waals surface area (Å²) >= 11 is 5.90. The summed E-state index contributed by atoms with van der Waals surface area (Å²) in [5.41, 5.74) is 2.71. The normalized spacial score (nSPS) is 14.0. The molecule has 0 radical (unpaired) electrons. The van der Waals surface area contributed by atoms with Crippen LogP contribution in [0.4, 0.5) is 17.2 Å². The van der Waals surface area contributed by atoms with Gasteiger partial charge in [-0.2, -0.15) is 0 Å². The Kier molecular flexibility index (Phi) is 5.44. The molecule has 0 atom stereocenters. The molecule has 0 bridgehead atoms. The fourth-order valence-corrected chi connectivity index (χ4v) is 3.39. The van der Waals surface area contributed by atoms with Crippen LogP contribution in [0.15, 0.2) is 72.9 Å². The molecule has 2 heterocycles. The first-order chi connectivity index (χ1) is 13.7. The zero-order chi connectivity index (χ0) is 19.3. The topological polar surface area (TPSA) is 48.5 Å². The minimum atomic E-state index is 0.0262. The number of pyridine rings is 1. The van der Waals surface area contributed by atoms with E-state index in [9.17, 15) is 4.79 Å². The average Bonchev–Trinajstić information content (AvgIpc) is 2.76. The van der Waals surface area contributed by atoms with E-state index in [0.717, 1.165) is 18.8 Å². The third-order valence-electron chi connectivity index (χ3n) is 4.82. The largest absolute Gasteiger partial charge is 0.368 e. The van der Waals surface area contributed by atoms with Crippen LogP contribution < -0.4 is 10.2 Å². The van der Waals surface area contributed by atoms with Gasteiger partial charge in [0.1, 0.15) is 5.82 Å². The average molecular weight is 393 g/mol. The van der Waals surface area contributed by atoms with Gasteiger partial charge in [-0.1, -0.05) is 29.8 Å². The number of amides is 1. The Morgan fingerprint density at radius 3 is 2.25 bits per heavy atom. The molecular formula is C22H21ClN4O. The van der Waals surface area contributed by atoms with Crippen LogP contribution >= 0.6 is 11.6 Å². The molecular weight excluding hydrogens is 372 g/mol. The zero-order valence-electron chi connectivity index (χ0n) is 15.4. The number of aromatic nitrogens is 1. The standard InChI is InChI=1S/C22H21ClN4O/c23-18-7-9-19(10-8-18)25-21-11-6-17(16-24-21)22(28)27-14-12-26(13-15-27)20-4-2-1-3-5-20/h1-11,16H,12-15H2,(H,24,25). The first-order valence-corrected chi connectivity index (χ1v) is 9.65. The van der Waals surface area contributed by atoms with E-state index in [4.69, 9.17) is 11.6 Å². The van der Waals surface area contributed by atoms with Crippen LogP contribution in [0.2, 0.25) is 5.02 Å². The Hall–Kier alpha value is -3.05. The van der Waals surface area contributed by atoms with Gasteiger partial charge in [0.25, 0.3) is 5.91 Å². The number of halogens is 1. The third-order valence-corrected chi connectivity index (χ3v) is 5.07. The van der Waals surface area contributed by atoms with E-state index < -0.39 is 0 Å². The number of nitrogens with one attached hydrogen (secondary N) is 1. The van der Waals surface area contributed by atoms with Crippen molar-refractivity contribution in [2.45, 2.75) is 0 Å². The molecule has 1 aliphatic heterocycles. The van der Waals surface area contributed by atoms with Crippen molar-refractivity contribution in [1.29, 1.82) is 0 Å². The van der Waals surface area contributed by atoms with Crippen molar-refractivity contribution in [3.63, 3.8) is 0 Å². The number of hydrogen-bond acceptors (Lipinski definition) is 4. The van der Waals surface area contributed by atoms with Crippen LogP contribution in [0.1, 0.15) is 10.4 Å². The lowest BCUT2D eigenvalue weighted by molar-refractivity contribution is 0.0746. The van der Waals surface area contributed by atoms with E-state index in [1.807, 2.05) is 59.5 Å². The Labute approximate surface area is 169 Å². The van der Waals surface area contributed by atoms with E-state index in [2.05, 4.69) is 27.3 Å². The molecule has 28 heavy (non-hydrogen) atoms. The minimum absolute atomic E-state index is 0.0262. The van der Waals surface area contributed by atoms with Crippen LogP contribution in [-0.4, -0.2) is 42.0 Å². The molecule has 2 aromatic carbocycles. The van der Waals surface area contributed by atoms with Gasteiger partial charge < -0.3 is 15.1 Å². The number of benzene rings is 2. The zero-order valence-corrected chi connectivity index (χ0v) is 16.1. The van der Waals surface area contributed by atoms with E-state index in [1.54, 1.807) is 6.20 Å². The molecule has 6 heteroatoms. The van der Waals surface area contributed by atoms with Crippen molar-refractivity contribution in [3.05, 3.63) is 83.5 Å². The molecule has 0 aliphatic carbocycles. The van der Waals surface area contributed by atoms with Crippen molar-refractivity contribution in [1.82, 2.24) is 9.88 Å². The molecule has 1 aliphatic rings.